The predicted molar refractivity (Wildman–Crippen MR) is 133 cm³/mol. The second kappa shape index (κ2) is 10.6. The van der Waals surface area contributed by atoms with Crippen LogP contribution in [0, 0.1) is 0 Å². The maximum Gasteiger partial charge on any atom is 0.247 e. The van der Waals surface area contributed by atoms with Crippen LogP contribution in [0.1, 0.15) is 30.9 Å². The van der Waals surface area contributed by atoms with Gasteiger partial charge in [0.1, 0.15) is 18.0 Å². The first-order chi connectivity index (χ1) is 16.8. The Labute approximate surface area is 209 Å². The number of benzene rings is 2. The van der Waals surface area contributed by atoms with Gasteiger partial charge < -0.3 is 25.2 Å². The number of ether oxygens (including phenoxy) is 1. The van der Waals surface area contributed by atoms with Crippen LogP contribution in [-0.4, -0.2) is 58.3 Å². The molecule has 0 fully saturated rings. The van der Waals surface area contributed by atoms with Crippen molar-refractivity contribution in [3.8, 4) is 5.75 Å². The molecule has 4 atom stereocenters. The highest BCUT2D eigenvalue weighted by Gasteiger charge is 2.50. The number of nitrogens with one attached hydrogen (secondary N) is 1. The Balaban J connectivity index is 1.77. The van der Waals surface area contributed by atoms with Crippen molar-refractivity contribution in [2.24, 2.45) is 0 Å². The molecule has 0 unspecified atom stereocenters. The molecule has 2 aromatic rings. The van der Waals surface area contributed by atoms with Gasteiger partial charge in [0.05, 0.1) is 18.6 Å². The number of aliphatic hydroxyl groups is 2. The fourth-order valence-corrected chi connectivity index (χ4v) is 4.76. The molecule has 184 valence electrons. The number of nitrogens with zero attached hydrogens (tertiary/aromatic N) is 1. The monoisotopic (exact) mass is 496 g/mol. The molecule has 1 aliphatic heterocycles. The second-order valence-electron chi connectivity index (χ2n) is 8.99. The van der Waals surface area contributed by atoms with Gasteiger partial charge in [0.2, 0.25) is 11.8 Å². The Bertz CT molecular complexity index is 1160. The summed E-state index contributed by atoms with van der Waals surface area (Å²) >= 11 is 6.03. The lowest BCUT2D eigenvalue weighted by Gasteiger charge is -2.40. The summed E-state index contributed by atoms with van der Waals surface area (Å²) in [6, 6.07) is 13.7. The van der Waals surface area contributed by atoms with E-state index in [4.69, 9.17) is 16.3 Å². The van der Waals surface area contributed by atoms with Crippen LogP contribution >= 0.6 is 11.6 Å². The number of amides is 2. The first-order valence-corrected chi connectivity index (χ1v) is 11.9. The van der Waals surface area contributed by atoms with E-state index in [0.717, 1.165) is 16.7 Å². The van der Waals surface area contributed by atoms with Crippen molar-refractivity contribution < 1.29 is 24.5 Å². The van der Waals surface area contributed by atoms with Crippen molar-refractivity contribution in [3.05, 3.63) is 88.0 Å². The first kappa shape index (κ1) is 25.0. The molecule has 0 aromatic heterocycles. The summed E-state index contributed by atoms with van der Waals surface area (Å²) in [5.74, 6) is -0.549. The fraction of sp³-hybridized carbons (Fsp3) is 0.333. The number of hydrogen-bond acceptors (Lipinski definition) is 5. The SMILES string of the molecule is CC(C)=CC(=O)N(Cc1ccc(Cl)cc1)[C@@H]1C=C(C(=O)NCCO)[C@@H]2c3ccccc3O[C@@H]2[C@H]1O. The fourth-order valence-electron chi connectivity index (χ4n) is 4.64. The van der Waals surface area contributed by atoms with Crippen molar-refractivity contribution >= 4 is 23.4 Å². The molecule has 2 aromatic carbocycles. The van der Waals surface area contributed by atoms with Crippen LogP contribution in [0.5, 0.6) is 5.75 Å². The molecule has 0 spiro atoms. The smallest absolute Gasteiger partial charge is 0.247 e. The summed E-state index contributed by atoms with van der Waals surface area (Å²) < 4.78 is 6.12. The van der Waals surface area contributed by atoms with Crippen LogP contribution in [-0.2, 0) is 16.1 Å². The van der Waals surface area contributed by atoms with E-state index < -0.39 is 24.2 Å². The minimum Gasteiger partial charge on any atom is -0.486 e. The average molecular weight is 497 g/mol. The molecule has 8 heteroatoms. The highest BCUT2D eigenvalue weighted by molar-refractivity contribution is 6.30. The van der Waals surface area contributed by atoms with Gasteiger partial charge in [0.25, 0.3) is 0 Å². The van der Waals surface area contributed by atoms with Crippen molar-refractivity contribution in [3.63, 3.8) is 0 Å². The van der Waals surface area contributed by atoms with Crippen LogP contribution < -0.4 is 10.1 Å². The molecule has 35 heavy (non-hydrogen) atoms. The van der Waals surface area contributed by atoms with Crippen molar-refractivity contribution in [1.82, 2.24) is 10.2 Å². The molecule has 2 amide bonds. The number of aliphatic hydroxyl groups excluding tert-OH is 2. The summed E-state index contributed by atoms with van der Waals surface area (Å²) in [5, 5.41) is 24.0. The zero-order valence-electron chi connectivity index (χ0n) is 19.6. The Morgan fingerprint density at radius 2 is 1.86 bits per heavy atom. The highest BCUT2D eigenvalue weighted by atomic mass is 35.5. The molecule has 2 aliphatic rings. The van der Waals surface area contributed by atoms with Crippen molar-refractivity contribution in [2.45, 2.75) is 44.6 Å². The van der Waals surface area contributed by atoms with Crippen LogP contribution in [0.2, 0.25) is 5.02 Å². The van der Waals surface area contributed by atoms with E-state index in [-0.39, 0.29) is 31.5 Å². The van der Waals surface area contributed by atoms with Gasteiger partial charge in [-0.15, -0.1) is 0 Å². The lowest BCUT2D eigenvalue weighted by molar-refractivity contribution is -0.133. The molecule has 7 nitrogen and oxygen atoms in total. The molecule has 0 bridgehead atoms. The summed E-state index contributed by atoms with van der Waals surface area (Å²) in [5.41, 5.74) is 2.85. The van der Waals surface area contributed by atoms with Gasteiger partial charge in [-0.1, -0.05) is 47.5 Å². The quantitative estimate of drug-likeness (QED) is 0.512. The zero-order valence-corrected chi connectivity index (χ0v) is 20.4. The Morgan fingerprint density at radius 1 is 1.14 bits per heavy atom. The Kier molecular flexibility index (Phi) is 7.60. The average Bonchev–Trinajstić information content (AvgIpc) is 3.22. The number of para-hydroxylation sites is 1. The summed E-state index contributed by atoms with van der Waals surface area (Å²) in [4.78, 5) is 28.1. The molecule has 0 saturated heterocycles. The van der Waals surface area contributed by atoms with Gasteiger partial charge in [-0.25, -0.2) is 0 Å². The molecule has 0 saturated carbocycles. The van der Waals surface area contributed by atoms with Gasteiger partial charge >= 0.3 is 0 Å². The van der Waals surface area contributed by atoms with Gasteiger partial charge in [-0.3, -0.25) is 9.59 Å². The van der Waals surface area contributed by atoms with Gasteiger partial charge in [0, 0.05) is 35.3 Å². The third-order valence-electron chi connectivity index (χ3n) is 6.20. The Hall–Kier alpha value is -3.13. The zero-order chi connectivity index (χ0) is 25.1. The number of halogens is 1. The lowest BCUT2D eigenvalue weighted by Crippen LogP contribution is -2.55. The maximum absolute atomic E-state index is 13.3. The number of fused-ring (bicyclic) bond motifs is 3. The summed E-state index contributed by atoms with van der Waals surface area (Å²) in [6.07, 6.45) is 1.35. The minimum absolute atomic E-state index is 0.0917. The third kappa shape index (κ3) is 5.27. The highest BCUT2D eigenvalue weighted by Crippen LogP contribution is 2.47. The maximum atomic E-state index is 13.3. The second-order valence-corrected chi connectivity index (χ2v) is 9.43. The number of hydrogen-bond donors (Lipinski definition) is 3. The van der Waals surface area contributed by atoms with E-state index in [1.165, 1.54) is 6.08 Å². The van der Waals surface area contributed by atoms with Crippen LogP contribution in [0.4, 0.5) is 0 Å². The molecular formula is C27H29ClN2O5. The number of rotatable bonds is 7. The van der Waals surface area contributed by atoms with E-state index in [1.54, 1.807) is 29.2 Å². The molecule has 1 aliphatic carbocycles. The largest absolute Gasteiger partial charge is 0.486 e. The van der Waals surface area contributed by atoms with E-state index in [2.05, 4.69) is 5.32 Å². The standard InChI is InChI=1S/C27H29ClN2O5/c1-16(2)13-23(32)30(15-17-7-9-18(28)10-8-17)21-14-20(27(34)29-11-12-31)24-19-5-3-4-6-22(19)35-26(24)25(21)33/h3-10,13-14,21,24-26,31,33H,11-12,15H2,1-2H3,(H,29,34)/t21-,24+,25+,26+/m1/s1. The Morgan fingerprint density at radius 3 is 2.54 bits per heavy atom. The summed E-state index contributed by atoms with van der Waals surface area (Å²) in [7, 11) is 0. The molecular weight excluding hydrogens is 468 g/mol. The van der Waals surface area contributed by atoms with E-state index in [1.807, 2.05) is 44.2 Å². The van der Waals surface area contributed by atoms with E-state index in [0.29, 0.717) is 16.3 Å². The number of allylic oxidation sites excluding steroid dienone is 1. The predicted octanol–water partition coefficient (Wildman–Crippen LogP) is 2.96. The number of carbonyl (C=O) groups is 2. The molecule has 4 rings (SSSR count). The molecule has 1 heterocycles. The van der Waals surface area contributed by atoms with Crippen molar-refractivity contribution in [1.29, 1.82) is 0 Å². The number of carbonyl (C=O) groups excluding carboxylic acids is 2. The van der Waals surface area contributed by atoms with Gasteiger partial charge in [-0.2, -0.15) is 0 Å². The summed E-state index contributed by atoms with van der Waals surface area (Å²) in [6.45, 7) is 3.74. The van der Waals surface area contributed by atoms with Crippen LogP contribution in [0.15, 0.2) is 71.8 Å². The normalized spacial score (nSPS) is 22.3. The van der Waals surface area contributed by atoms with Crippen LogP contribution in [0.25, 0.3) is 0 Å². The third-order valence-corrected chi connectivity index (χ3v) is 6.45. The van der Waals surface area contributed by atoms with Crippen LogP contribution in [0.3, 0.4) is 0 Å². The molecule has 0 radical (unpaired) electrons. The van der Waals surface area contributed by atoms with Gasteiger partial charge in [-0.05, 0) is 43.7 Å². The van der Waals surface area contributed by atoms with E-state index in [9.17, 15) is 19.8 Å². The molecule has 3 N–H and O–H groups in total. The van der Waals surface area contributed by atoms with E-state index >= 15 is 0 Å². The van der Waals surface area contributed by atoms with Crippen molar-refractivity contribution in [2.75, 3.05) is 13.2 Å². The lowest BCUT2D eigenvalue weighted by atomic mass is 9.77. The first-order valence-electron chi connectivity index (χ1n) is 11.5. The van der Waals surface area contributed by atoms with Gasteiger partial charge in [0.15, 0.2) is 0 Å². The topological polar surface area (TPSA) is 99.1 Å². The minimum atomic E-state index is -1.08.